The van der Waals surface area contributed by atoms with E-state index < -0.39 is 10.0 Å². The fourth-order valence-corrected chi connectivity index (χ4v) is 4.80. The number of fused-ring (bicyclic) bond motifs is 1. The topological polar surface area (TPSA) is 89.6 Å². The Labute approximate surface area is 182 Å². The molecule has 2 heterocycles. The molecule has 0 unspecified atom stereocenters. The van der Waals surface area contributed by atoms with E-state index in [1.165, 1.54) is 20.2 Å². The highest BCUT2D eigenvalue weighted by atomic mass is 32.2. The zero-order valence-electron chi connectivity index (χ0n) is 18.0. The van der Waals surface area contributed by atoms with Crippen molar-refractivity contribution in [1.82, 2.24) is 19.2 Å². The Balaban J connectivity index is 1.68. The summed E-state index contributed by atoms with van der Waals surface area (Å²) in [6, 6.07) is 12.5. The van der Waals surface area contributed by atoms with Gasteiger partial charge in [-0.1, -0.05) is 12.1 Å². The number of rotatable bonds is 6. The van der Waals surface area contributed by atoms with Crippen molar-refractivity contribution >= 4 is 32.7 Å². The number of carbonyl (C=O) groups excluding carboxylic acids is 1. The smallest absolute Gasteiger partial charge is 0.256 e. The third kappa shape index (κ3) is 4.15. The number of anilines is 1. The number of aromatic amines is 1. The molecule has 0 saturated carbocycles. The average molecular weight is 442 g/mol. The largest absolute Gasteiger partial charge is 0.371 e. The summed E-state index contributed by atoms with van der Waals surface area (Å²) in [6.07, 6.45) is 2.11. The summed E-state index contributed by atoms with van der Waals surface area (Å²) in [5.74, 6) is 0.440. The van der Waals surface area contributed by atoms with Crippen LogP contribution >= 0.6 is 0 Å². The average Bonchev–Trinajstić information content (AvgIpc) is 3.42. The molecule has 1 aliphatic rings. The summed E-state index contributed by atoms with van der Waals surface area (Å²) in [5.41, 5.74) is 2.92. The molecule has 164 valence electrons. The van der Waals surface area contributed by atoms with Crippen LogP contribution in [0.2, 0.25) is 0 Å². The molecule has 9 heteroatoms. The van der Waals surface area contributed by atoms with Gasteiger partial charge in [-0.2, -0.15) is 0 Å². The van der Waals surface area contributed by atoms with Gasteiger partial charge in [0.15, 0.2) is 0 Å². The van der Waals surface area contributed by atoms with Crippen LogP contribution in [0.1, 0.15) is 29.0 Å². The van der Waals surface area contributed by atoms with Crippen LogP contribution in [-0.2, 0) is 16.6 Å². The van der Waals surface area contributed by atoms with Gasteiger partial charge in [0, 0.05) is 39.9 Å². The molecule has 1 saturated heterocycles. The molecule has 3 aromatic rings. The summed E-state index contributed by atoms with van der Waals surface area (Å²) in [7, 11) is 1.03. The van der Waals surface area contributed by atoms with Crippen LogP contribution < -0.4 is 4.90 Å². The highest BCUT2D eigenvalue weighted by Crippen LogP contribution is 2.29. The number of benzene rings is 2. The monoisotopic (exact) mass is 441 g/mol. The molecule has 0 atom stereocenters. The molecule has 1 aromatic heterocycles. The number of sulfonamides is 1. The number of amides is 1. The lowest BCUT2D eigenvalue weighted by molar-refractivity contribution is 0.0782. The summed E-state index contributed by atoms with van der Waals surface area (Å²) >= 11 is 0. The second-order valence-electron chi connectivity index (χ2n) is 8.02. The summed E-state index contributed by atoms with van der Waals surface area (Å²) in [5, 5.41) is 0. The molecule has 0 radical (unpaired) electrons. The Morgan fingerprint density at radius 1 is 1.10 bits per heavy atom. The summed E-state index contributed by atoms with van der Waals surface area (Å²) in [4.78, 5) is 25.0. The Morgan fingerprint density at radius 3 is 2.48 bits per heavy atom. The first kappa shape index (κ1) is 21.3. The van der Waals surface area contributed by atoms with Crippen molar-refractivity contribution in [3.63, 3.8) is 0 Å². The van der Waals surface area contributed by atoms with E-state index in [-0.39, 0.29) is 17.3 Å². The third-order valence-electron chi connectivity index (χ3n) is 5.60. The minimum absolute atomic E-state index is 0.112. The number of imidazole rings is 1. The normalized spacial score (nSPS) is 14.5. The second kappa shape index (κ2) is 8.32. The lowest BCUT2D eigenvalue weighted by Crippen LogP contribution is -2.30. The van der Waals surface area contributed by atoms with Crippen molar-refractivity contribution < 1.29 is 13.2 Å². The van der Waals surface area contributed by atoms with Gasteiger partial charge in [-0.05, 0) is 43.2 Å². The molecule has 31 heavy (non-hydrogen) atoms. The molecule has 1 aliphatic heterocycles. The molecule has 4 rings (SSSR count). The maximum atomic E-state index is 13.4. The first-order chi connectivity index (χ1) is 14.8. The lowest BCUT2D eigenvalue weighted by Gasteiger charge is -2.24. The van der Waals surface area contributed by atoms with Crippen molar-refractivity contribution in [1.29, 1.82) is 0 Å². The highest BCUT2D eigenvalue weighted by Gasteiger charge is 2.26. The Bertz CT molecular complexity index is 1180. The van der Waals surface area contributed by atoms with E-state index in [1.807, 2.05) is 24.3 Å². The molecule has 1 amide bonds. The molecule has 0 bridgehead atoms. The minimum Gasteiger partial charge on any atom is -0.371 e. The summed E-state index contributed by atoms with van der Waals surface area (Å²) in [6.45, 7) is 2.00. The second-order valence-corrected chi connectivity index (χ2v) is 10.2. The Kier molecular flexibility index (Phi) is 5.72. The Morgan fingerprint density at radius 2 is 1.81 bits per heavy atom. The number of nitrogens with zero attached hydrogens (tertiary/aromatic N) is 4. The number of nitrogens with one attached hydrogen (secondary N) is 1. The van der Waals surface area contributed by atoms with Gasteiger partial charge in [0.1, 0.15) is 5.82 Å². The predicted molar refractivity (Wildman–Crippen MR) is 121 cm³/mol. The van der Waals surface area contributed by atoms with Gasteiger partial charge in [-0.15, -0.1) is 0 Å². The molecule has 1 fully saturated rings. The van der Waals surface area contributed by atoms with Gasteiger partial charge in [0.25, 0.3) is 5.91 Å². The van der Waals surface area contributed by atoms with E-state index in [1.54, 1.807) is 24.1 Å². The van der Waals surface area contributed by atoms with Gasteiger partial charge in [0.2, 0.25) is 10.0 Å². The number of hydrogen-bond donors (Lipinski definition) is 1. The van der Waals surface area contributed by atoms with Crippen molar-refractivity contribution in [2.45, 2.75) is 24.3 Å². The van der Waals surface area contributed by atoms with Crippen LogP contribution in [0.3, 0.4) is 0 Å². The number of carbonyl (C=O) groups is 1. The maximum Gasteiger partial charge on any atom is 0.256 e. The van der Waals surface area contributed by atoms with Crippen LogP contribution in [-0.4, -0.2) is 67.7 Å². The van der Waals surface area contributed by atoms with Crippen molar-refractivity contribution in [3.8, 4) is 0 Å². The van der Waals surface area contributed by atoms with Gasteiger partial charge in [-0.25, -0.2) is 17.7 Å². The number of para-hydroxylation sites is 2. The van der Waals surface area contributed by atoms with Crippen LogP contribution in [0.4, 0.5) is 5.69 Å². The van der Waals surface area contributed by atoms with Crippen molar-refractivity contribution in [3.05, 3.63) is 53.9 Å². The molecule has 2 aromatic carbocycles. The Hall–Kier alpha value is -2.91. The van der Waals surface area contributed by atoms with Gasteiger partial charge >= 0.3 is 0 Å². The molecule has 0 spiro atoms. The SMILES string of the molecule is CN(Cc1nc2ccccc2[nH]1)C(=O)c1cc(S(=O)(=O)N(C)C)ccc1N1CCCC1. The maximum absolute atomic E-state index is 13.4. The minimum atomic E-state index is -3.65. The van der Waals surface area contributed by atoms with Gasteiger partial charge in [0.05, 0.1) is 28.0 Å². The van der Waals surface area contributed by atoms with Crippen LogP contribution in [0.25, 0.3) is 11.0 Å². The number of aromatic nitrogens is 2. The fourth-order valence-electron chi connectivity index (χ4n) is 3.87. The quantitative estimate of drug-likeness (QED) is 0.635. The van der Waals surface area contributed by atoms with Crippen molar-refractivity contribution in [2.24, 2.45) is 0 Å². The number of H-pyrrole nitrogens is 1. The van der Waals surface area contributed by atoms with E-state index in [9.17, 15) is 13.2 Å². The van der Waals surface area contributed by atoms with Gasteiger partial charge in [-0.3, -0.25) is 4.79 Å². The fraction of sp³-hybridized carbons (Fsp3) is 0.364. The summed E-state index contributed by atoms with van der Waals surface area (Å²) < 4.78 is 26.5. The molecule has 8 nitrogen and oxygen atoms in total. The van der Waals surface area contributed by atoms with Crippen molar-refractivity contribution in [2.75, 3.05) is 39.1 Å². The molecule has 0 aliphatic carbocycles. The van der Waals surface area contributed by atoms with E-state index in [0.717, 1.165) is 47.0 Å². The van der Waals surface area contributed by atoms with E-state index >= 15 is 0 Å². The standard InChI is InChI=1S/C22H27N5O3S/c1-25(2)31(29,30)16-10-11-20(27-12-6-7-13-27)17(14-16)22(28)26(3)15-21-23-18-8-4-5-9-19(18)24-21/h4-5,8-11,14H,6-7,12-13,15H2,1-3H3,(H,23,24). The highest BCUT2D eigenvalue weighted by molar-refractivity contribution is 7.89. The van der Waals surface area contributed by atoms with Crippen LogP contribution in [0.15, 0.2) is 47.4 Å². The molecular formula is C22H27N5O3S. The van der Waals surface area contributed by atoms with Gasteiger partial charge < -0.3 is 14.8 Å². The molecular weight excluding hydrogens is 414 g/mol. The van der Waals surface area contributed by atoms with E-state index in [2.05, 4.69) is 14.9 Å². The van der Waals surface area contributed by atoms with E-state index in [0.29, 0.717) is 11.4 Å². The lowest BCUT2D eigenvalue weighted by atomic mass is 10.1. The zero-order chi connectivity index (χ0) is 22.2. The zero-order valence-corrected chi connectivity index (χ0v) is 18.8. The molecule has 1 N–H and O–H groups in total. The van der Waals surface area contributed by atoms with Crippen LogP contribution in [0, 0.1) is 0 Å². The predicted octanol–water partition coefficient (Wildman–Crippen LogP) is 2.69. The first-order valence-corrected chi connectivity index (χ1v) is 11.7. The number of hydrogen-bond acceptors (Lipinski definition) is 5. The first-order valence-electron chi connectivity index (χ1n) is 10.3. The van der Waals surface area contributed by atoms with Crippen LogP contribution in [0.5, 0.6) is 0 Å². The van der Waals surface area contributed by atoms with E-state index in [4.69, 9.17) is 0 Å². The third-order valence-corrected chi connectivity index (χ3v) is 7.41.